The van der Waals surface area contributed by atoms with Crippen LogP contribution < -0.4 is 4.90 Å². The van der Waals surface area contributed by atoms with E-state index in [-0.39, 0.29) is 18.1 Å². The number of aryl methyl sites for hydroxylation is 2. The molecule has 1 aromatic heterocycles. The van der Waals surface area contributed by atoms with Crippen molar-refractivity contribution in [3.63, 3.8) is 0 Å². The number of anilines is 2. The quantitative estimate of drug-likeness (QED) is 0.357. The van der Waals surface area contributed by atoms with E-state index in [1.54, 1.807) is 19.1 Å². The number of nitrogens with zero attached hydrogens (tertiary/aromatic N) is 2. The predicted molar refractivity (Wildman–Crippen MR) is 118 cm³/mol. The number of rotatable bonds is 5. The summed E-state index contributed by atoms with van der Waals surface area (Å²) < 4.78 is 15.2. The van der Waals surface area contributed by atoms with Crippen molar-refractivity contribution in [3.8, 4) is 0 Å². The zero-order chi connectivity index (χ0) is 20.4. The van der Waals surface area contributed by atoms with Crippen LogP contribution in [0.3, 0.4) is 0 Å². The molecule has 4 aromatic rings. The molecular weight excluding hydrogens is 407 g/mol. The lowest BCUT2D eigenvalue weighted by Crippen LogP contribution is -2.26. The summed E-state index contributed by atoms with van der Waals surface area (Å²) in [5.74, 6) is -0.485. The van der Waals surface area contributed by atoms with Gasteiger partial charge in [0.25, 0.3) is 0 Å². The van der Waals surface area contributed by atoms with Gasteiger partial charge < -0.3 is 0 Å². The van der Waals surface area contributed by atoms with Gasteiger partial charge in [-0.15, -0.1) is 0 Å². The highest BCUT2D eigenvalue weighted by Crippen LogP contribution is 2.34. The summed E-state index contributed by atoms with van der Waals surface area (Å²) in [6.45, 7) is 1.70. The van der Waals surface area contributed by atoms with Crippen molar-refractivity contribution in [1.82, 2.24) is 4.98 Å². The number of thiazole rings is 1. The Bertz CT molecular complexity index is 1140. The minimum absolute atomic E-state index is 0.137. The fraction of sp³-hybridized carbons (Fsp3) is 0.130. The van der Waals surface area contributed by atoms with Gasteiger partial charge in [0.2, 0.25) is 5.91 Å². The molecule has 0 N–H and O–H groups in total. The van der Waals surface area contributed by atoms with E-state index in [9.17, 15) is 9.18 Å². The number of aromatic nitrogens is 1. The molecule has 6 heteroatoms. The van der Waals surface area contributed by atoms with Crippen molar-refractivity contribution in [1.29, 1.82) is 0 Å². The highest BCUT2D eigenvalue weighted by molar-refractivity contribution is 7.22. The van der Waals surface area contributed by atoms with Crippen molar-refractivity contribution in [2.24, 2.45) is 0 Å². The van der Waals surface area contributed by atoms with E-state index in [2.05, 4.69) is 4.98 Å². The Kier molecular flexibility index (Phi) is 5.60. The van der Waals surface area contributed by atoms with Crippen LogP contribution in [0.25, 0.3) is 10.2 Å². The second-order valence-electron chi connectivity index (χ2n) is 6.75. The maximum Gasteiger partial charge on any atom is 0.233 e. The van der Waals surface area contributed by atoms with Crippen LogP contribution in [0.15, 0.2) is 66.7 Å². The lowest BCUT2D eigenvalue weighted by molar-refractivity contribution is -0.117. The fourth-order valence-electron chi connectivity index (χ4n) is 3.05. The lowest BCUT2D eigenvalue weighted by atomic mass is 10.1. The lowest BCUT2D eigenvalue weighted by Gasteiger charge is -2.20. The average Bonchev–Trinajstić information content (AvgIpc) is 3.14. The van der Waals surface area contributed by atoms with Crippen LogP contribution in [0.1, 0.15) is 17.5 Å². The topological polar surface area (TPSA) is 33.2 Å². The zero-order valence-corrected chi connectivity index (χ0v) is 17.3. The largest absolute Gasteiger partial charge is 0.274 e. The number of halogens is 2. The average molecular weight is 425 g/mol. The summed E-state index contributed by atoms with van der Waals surface area (Å²) in [6.07, 6.45) is 0.832. The predicted octanol–water partition coefficient (Wildman–Crippen LogP) is 6.69. The number of benzene rings is 3. The Labute approximate surface area is 177 Å². The van der Waals surface area contributed by atoms with Crippen LogP contribution in [0.5, 0.6) is 0 Å². The van der Waals surface area contributed by atoms with E-state index in [1.165, 1.54) is 22.3 Å². The number of carbonyl (C=O) groups excluding carboxylic acids is 1. The van der Waals surface area contributed by atoms with Gasteiger partial charge in [0.05, 0.1) is 15.9 Å². The van der Waals surface area contributed by atoms with Gasteiger partial charge in [0, 0.05) is 11.4 Å². The van der Waals surface area contributed by atoms with Crippen LogP contribution in [-0.4, -0.2) is 10.9 Å². The molecule has 0 unspecified atom stereocenters. The molecule has 4 rings (SSSR count). The molecule has 3 nitrogen and oxygen atoms in total. The number of carbonyl (C=O) groups is 1. The molecule has 1 heterocycles. The van der Waals surface area contributed by atoms with E-state index < -0.39 is 0 Å². The second kappa shape index (κ2) is 8.31. The molecule has 0 atom stereocenters. The summed E-state index contributed by atoms with van der Waals surface area (Å²) in [7, 11) is 0. The molecule has 0 aliphatic carbocycles. The molecule has 0 radical (unpaired) electrons. The van der Waals surface area contributed by atoms with E-state index in [0.29, 0.717) is 27.8 Å². The third kappa shape index (κ3) is 4.31. The summed E-state index contributed by atoms with van der Waals surface area (Å²) in [5, 5.41) is 1.20. The Hall–Kier alpha value is -2.76. The Morgan fingerprint density at radius 1 is 1.10 bits per heavy atom. The molecular formula is C23H18ClFN2OS. The molecule has 3 aromatic carbocycles. The third-order valence-electron chi connectivity index (χ3n) is 4.68. The van der Waals surface area contributed by atoms with Gasteiger partial charge in [0.15, 0.2) is 5.13 Å². The van der Waals surface area contributed by atoms with Crippen LogP contribution in [0.2, 0.25) is 5.02 Å². The maximum atomic E-state index is 14.2. The Balaban J connectivity index is 1.67. The summed E-state index contributed by atoms with van der Waals surface area (Å²) >= 11 is 7.35. The first-order valence-electron chi connectivity index (χ1n) is 9.20. The van der Waals surface area contributed by atoms with Crippen LogP contribution in [-0.2, 0) is 11.2 Å². The monoisotopic (exact) mass is 424 g/mol. The smallest absolute Gasteiger partial charge is 0.233 e. The molecule has 146 valence electrons. The van der Waals surface area contributed by atoms with Crippen LogP contribution in [0, 0.1) is 12.7 Å². The standard InChI is InChI=1S/C23H18ClFN2OS/c1-15-6-12-18(14-19(15)25)27(23-26-20-4-2-3-5-21(20)29-23)22(28)13-9-16-7-10-17(24)11-8-16/h2-8,10-12,14H,9,13H2,1H3. The number of hydrogen-bond donors (Lipinski definition) is 0. The third-order valence-corrected chi connectivity index (χ3v) is 5.95. The van der Waals surface area contributed by atoms with Gasteiger partial charge >= 0.3 is 0 Å². The SMILES string of the molecule is Cc1ccc(N(C(=O)CCc2ccc(Cl)cc2)c2nc3ccccc3s2)cc1F. The van der Waals surface area contributed by atoms with E-state index >= 15 is 0 Å². The fourth-order valence-corrected chi connectivity index (χ4v) is 4.18. The van der Waals surface area contributed by atoms with Gasteiger partial charge in [-0.2, -0.15) is 0 Å². The highest BCUT2D eigenvalue weighted by Gasteiger charge is 2.22. The van der Waals surface area contributed by atoms with E-state index in [0.717, 1.165) is 15.8 Å². The van der Waals surface area contributed by atoms with Gasteiger partial charge in [0.1, 0.15) is 5.82 Å². The molecule has 0 saturated heterocycles. The van der Waals surface area contributed by atoms with Crippen molar-refractivity contribution in [2.45, 2.75) is 19.8 Å². The first-order chi connectivity index (χ1) is 14.0. The first kappa shape index (κ1) is 19.6. The summed E-state index contributed by atoms with van der Waals surface area (Å²) in [4.78, 5) is 19.3. The van der Waals surface area contributed by atoms with E-state index in [1.807, 2.05) is 48.5 Å². The van der Waals surface area contributed by atoms with Gasteiger partial charge in [-0.25, -0.2) is 9.37 Å². The van der Waals surface area contributed by atoms with Gasteiger partial charge in [-0.3, -0.25) is 9.69 Å². The van der Waals surface area contributed by atoms with Crippen molar-refractivity contribution < 1.29 is 9.18 Å². The summed E-state index contributed by atoms with van der Waals surface area (Å²) in [6, 6.07) is 20.0. The van der Waals surface area contributed by atoms with Crippen molar-refractivity contribution in [2.75, 3.05) is 4.90 Å². The van der Waals surface area contributed by atoms with Crippen LogP contribution in [0.4, 0.5) is 15.2 Å². The number of fused-ring (bicyclic) bond motifs is 1. The Morgan fingerprint density at radius 3 is 2.59 bits per heavy atom. The van der Waals surface area contributed by atoms with Crippen LogP contribution >= 0.6 is 22.9 Å². The normalized spacial score (nSPS) is 11.0. The molecule has 0 bridgehead atoms. The molecule has 0 fully saturated rings. The molecule has 29 heavy (non-hydrogen) atoms. The second-order valence-corrected chi connectivity index (χ2v) is 8.20. The van der Waals surface area contributed by atoms with Gasteiger partial charge in [-0.05, 0) is 60.9 Å². The molecule has 0 spiro atoms. The number of amides is 1. The number of hydrogen-bond acceptors (Lipinski definition) is 3. The minimum Gasteiger partial charge on any atom is -0.274 e. The Morgan fingerprint density at radius 2 is 1.86 bits per heavy atom. The van der Waals surface area contributed by atoms with E-state index in [4.69, 9.17) is 11.6 Å². The van der Waals surface area contributed by atoms with Crippen molar-refractivity contribution in [3.05, 3.63) is 88.7 Å². The number of para-hydroxylation sites is 1. The molecule has 1 amide bonds. The molecule has 0 aliphatic rings. The van der Waals surface area contributed by atoms with Crippen molar-refractivity contribution >= 4 is 49.9 Å². The highest BCUT2D eigenvalue weighted by atomic mass is 35.5. The minimum atomic E-state index is -0.348. The van der Waals surface area contributed by atoms with Gasteiger partial charge in [-0.1, -0.05) is 53.3 Å². The summed E-state index contributed by atoms with van der Waals surface area (Å²) in [5.41, 5.74) is 2.84. The maximum absolute atomic E-state index is 14.2. The molecule has 0 saturated carbocycles. The first-order valence-corrected chi connectivity index (χ1v) is 10.4. The zero-order valence-electron chi connectivity index (χ0n) is 15.7. The molecule has 0 aliphatic heterocycles.